The number of para-hydroxylation sites is 1. The number of benzene rings is 1. The van der Waals surface area contributed by atoms with E-state index < -0.39 is 0 Å². The molecule has 0 aromatic heterocycles. The smallest absolute Gasteiger partial charge is 0.143 e. The maximum Gasteiger partial charge on any atom is 0.143 e. The molecule has 1 saturated heterocycles. The molecule has 0 spiro atoms. The quantitative estimate of drug-likeness (QED) is 0.808. The highest BCUT2D eigenvalue weighted by Gasteiger charge is 2.20. The normalized spacial score (nSPS) is 15.2. The summed E-state index contributed by atoms with van der Waals surface area (Å²) < 4.78 is 10.3. The van der Waals surface area contributed by atoms with Gasteiger partial charge in [-0.15, -0.1) is 0 Å². The van der Waals surface area contributed by atoms with Crippen LogP contribution in [0.15, 0.2) is 18.2 Å². The van der Waals surface area contributed by atoms with Crippen LogP contribution in [-0.2, 0) is 4.74 Å². The van der Waals surface area contributed by atoms with Crippen LogP contribution in [0.2, 0.25) is 0 Å². The van der Waals surface area contributed by atoms with Crippen LogP contribution < -0.4 is 10.1 Å². The van der Waals surface area contributed by atoms with E-state index in [4.69, 9.17) is 14.7 Å². The predicted molar refractivity (Wildman–Crippen MR) is 55.9 cm³/mol. The van der Waals surface area contributed by atoms with E-state index in [9.17, 15) is 0 Å². The highest BCUT2D eigenvalue weighted by Crippen LogP contribution is 2.29. The van der Waals surface area contributed by atoms with Gasteiger partial charge in [-0.25, -0.2) is 0 Å². The van der Waals surface area contributed by atoms with Gasteiger partial charge in [0.15, 0.2) is 0 Å². The van der Waals surface area contributed by atoms with E-state index in [-0.39, 0.29) is 6.04 Å². The van der Waals surface area contributed by atoms with Gasteiger partial charge in [-0.2, -0.15) is 5.26 Å². The second-order valence-corrected chi connectivity index (χ2v) is 3.37. The molecule has 0 unspecified atom stereocenters. The first-order valence-corrected chi connectivity index (χ1v) is 4.76. The molecular weight excluding hydrogens is 192 g/mol. The van der Waals surface area contributed by atoms with Gasteiger partial charge in [0.2, 0.25) is 0 Å². The van der Waals surface area contributed by atoms with Crippen molar-refractivity contribution in [3.8, 4) is 11.8 Å². The van der Waals surface area contributed by atoms with Gasteiger partial charge in [-0.05, 0) is 12.1 Å². The van der Waals surface area contributed by atoms with Crippen molar-refractivity contribution in [3.05, 3.63) is 23.8 Å². The molecule has 1 fully saturated rings. The number of nitrogens with one attached hydrogen (secondary N) is 1. The molecule has 0 radical (unpaired) electrons. The third-order valence-corrected chi connectivity index (χ3v) is 2.35. The fourth-order valence-electron chi connectivity index (χ4n) is 1.47. The third-order valence-electron chi connectivity index (χ3n) is 2.35. The summed E-state index contributed by atoms with van der Waals surface area (Å²) in [5, 5.41) is 12.2. The molecule has 0 aliphatic carbocycles. The zero-order valence-electron chi connectivity index (χ0n) is 8.49. The summed E-state index contributed by atoms with van der Waals surface area (Å²) in [6, 6.07) is 7.84. The molecule has 1 aromatic rings. The molecule has 2 rings (SSSR count). The molecule has 15 heavy (non-hydrogen) atoms. The Kier molecular flexibility index (Phi) is 2.75. The van der Waals surface area contributed by atoms with Crippen molar-refractivity contribution >= 4 is 5.69 Å². The van der Waals surface area contributed by atoms with Crippen LogP contribution in [-0.4, -0.2) is 26.4 Å². The summed E-state index contributed by atoms with van der Waals surface area (Å²) in [6.45, 7) is 1.37. The summed E-state index contributed by atoms with van der Waals surface area (Å²) in [5.74, 6) is 0.695. The molecule has 1 aliphatic heterocycles. The lowest BCUT2D eigenvalue weighted by atomic mass is 10.1. The highest BCUT2D eigenvalue weighted by molar-refractivity contribution is 5.66. The second kappa shape index (κ2) is 4.20. The molecular formula is C11H12N2O2. The van der Waals surface area contributed by atoms with Crippen molar-refractivity contribution in [2.45, 2.75) is 6.04 Å². The topological polar surface area (TPSA) is 54.3 Å². The Labute approximate surface area is 88.4 Å². The van der Waals surface area contributed by atoms with Gasteiger partial charge in [-0.3, -0.25) is 0 Å². The molecule has 4 nitrogen and oxygen atoms in total. The fraction of sp³-hybridized carbons (Fsp3) is 0.364. The third kappa shape index (κ3) is 1.88. The Bertz CT molecular complexity index is 394. The van der Waals surface area contributed by atoms with Crippen molar-refractivity contribution < 1.29 is 9.47 Å². The first-order chi connectivity index (χ1) is 7.35. The number of rotatable bonds is 3. The van der Waals surface area contributed by atoms with Gasteiger partial charge < -0.3 is 14.8 Å². The first kappa shape index (κ1) is 9.81. The number of hydrogen-bond donors (Lipinski definition) is 1. The van der Waals surface area contributed by atoms with Crippen molar-refractivity contribution in [1.29, 1.82) is 5.26 Å². The van der Waals surface area contributed by atoms with Crippen molar-refractivity contribution in [1.82, 2.24) is 0 Å². The van der Waals surface area contributed by atoms with E-state index in [1.807, 2.05) is 6.07 Å². The van der Waals surface area contributed by atoms with Crippen LogP contribution >= 0.6 is 0 Å². The van der Waals surface area contributed by atoms with Gasteiger partial charge in [-0.1, -0.05) is 6.07 Å². The van der Waals surface area contributed by atoms with E-state index in [1.165, 1.54) is 0 Å². The Balaban J connectivity index is 2.28. The summed E-state index contributed by atoms with van der Waals surface area (Å²) >= 11 is 0. The van der Waals surface area contributed by atoms with Gasteiger partial charge in [0.1, 0.15) is 11.8 Å². The van der Waals surface area contributed by atoms with Crippen LogP contribution in [0.1, 0.15) is 5.56 Å². The standard InChI is InChI=1S/C11H12N2O2/c1-14-10-4-2-3-8(5-12)11(10)13-9-6-15-7-9/h2-4,9,13H,6-7H2,1H3. The van der Waals surface area contributed by atoms with Crippen LogP contribution in [0.3, 0.4) is 0 Å². The molecule has 1 aromatic carbocycles. The maximum absolute atomic E-state index is 8.97. The molecule has 1 heterocycles. The molecule has 0 bridgehead atoms. The second-order valence-electron chi connectivity index (χ2n) is 3.37. The average molecular weight is 204 g/mol. The van der Waals surface area contributed by atoms with Gasteiger partial charge >= 0.3 is 0 Å². The molecule has 0 amide bonds. The average Bonchev–Trinajstić information content (AvgIpc) is 2.23. The van der Waals surface area contributed by atoms with E-state index in [0.29, 0.717) is 24.5 Å². The Hall–Kier alpha value is -1.73. The number of nitriles is 1. The number of ether oxygens (including phenoxy) is 2. The summed E-state index contributed by atoms with van der Waals surface area (Å²) in [6.07, 6.45) is 0. The summed E-state index contributed by atoms with van der Waals surface area (Å²) in [4.78, 5) is 0. The molecule has 1 N–H and O–H groups in total. The van der Waals surface area contributed by atoms with Gasteiger partial charge in [0.25, 0.3) is 0 Å². The zero-order valence-corrected chi connectivity index (χ0v) is 8.49. The zero-order chi connectivity index (χ0) is 10.7. The minimum atomic E-state index is 0.286. The molecule has 4 heteroatoms. The van der Waals surface area contributed by atoms with E-state index in [2.05, 4.69) is 11.4 Å². The van der Waals surface area contributed by atoms with Crippen LogP contribution in [0, 0.1) is 11.3 Å². The molecule has 0 saturated carbocycles. The van der Waals surface area contributed by atoms with Gasteiger partial charge in [0, 0.05) is 0 Å². The summed E-state index contributed by atoms with van der Waals surface area (Å²) in [5.41, 5.74) is 1.36. The summed E-state index contributed by atoms with van der Waals surface area (Å²) in [7, 11) is 1.60. The Morgan fingerprint density at radius 3 is 2.87 bits per heavy atom. The van der Waals surface area contributed by atoms with E-state index in [1.54, 1.807) is 19.2 Å². The Morgan fingerprint density at radius 2 is 2.33 bits per heavy atom. The maximum atomic E-state index is 8.97. The predicted octanol–water partition coefficient (Wildman–Crippen LogP) is 1.38. The lowest BCUT2D eigenvalue weighted by Crippen LogP contribution is -2.40. The van der Waals surface area contributed by atoms with Crippen LogP contribution in [0.4, 0.5) is 5.69 Å². The molecule has 0 atom stereocenters. The minimum absolute atomic E-state index is 0.286. The molecule has 1 aliphatic rings. The van der Waals surface area contributed by atoms with Gasteiger partial charge in [0.05, 0.1) is 37.6 Å². The van der Waals surface area contributed by atoms with Crippen molar-refractivity contribution in [3.63, 3.8) is 0 Å². The SMILES string of the molecule is COc1cccc(C#N)c1NC1COC1. The number of nitrogens with zero attached hydrogens (tertiary/aromatic N) is 1. The first-order valence-electron chi connectivity index (χ1n) is 4.76. The number of methoxy groups -OCH3 is 1. The van der Waals surface area contributed by atoms with Crippen LogP contribution in [0.25, 0.3) is 0 Å². The number of hydrogen-bond acceptors (Lipinski definition) is 4. The lowest BCUT2D eigenvalue weighted by Gasteiger charge is -2.28. The highest BCUT2D eigenvalue weighted by atomic mass is 16.5. The van der Waals surface area contributed by atoms with E-state index >= 15 is 0 Å². The largest absolute Gasteiger partial charge is 0.495 e. The lowest BCUT2D eigenvalue weighted by molar-refractivity contribution is 0.0210. The minimum Gasteiger partial charge on any atom is -0.495 e. The van der Waals surface area contributed by atoms with Crippen molar-refractivity contribution in [2.24, 2.45) is 0 Å². The Morgan fingerprint density at radius 1 is 1.53 bits per heavy atom. The fourth-order valence-corrected chi connectivity index (χ4v) is 1.47. The van der Waals surface area contributed by atoms with Crippen LogP contribution in [0.5, 0.6) is 5.75 Å². The van der Waals surface area contributed by atoms with Crippen molar-refractivity contribution in [2.75, 3.05) is 25.6 Å². The monoisotopic (exact) mass is 204 g/mol. The number of anilines is 1. The van der Waals surface area contributed by atoms with E-state index in [0.717, 1.165) is 5.69 Å². The molecule has 78 valence electrons.